The SMILES string of the molecule is Cc1cc(C)nc(NC(=O)C=Cc2ccc([N+](=O)[O-])cc2)n1. The van der Waals surface area contributed by atoms with Crippen molar-refractivity contribution >= 4 is 23.6 Å². The van der Waals surface area contributed by atoms with Crippen LogP contribution in [0.4, 0.5) is 11.6 Å². The maximum absolute atomic E-state index is 11.8. The number of aromatic nitrogens is 2. The van der Waals surface area contributed by atoms with E-state index in [9.17, 15) is 14.9 Å². The average Bonchev–Trinajstić information content (AvgIpc) is 2.44. The second kappa shape index (κ2) is 6.57. The number of nitrogens with one attached hydrogen (secondary N) is 1. The fourth-order valence-corrected chi connectivity index (χ4v) is 1.81. The van der Waals surface area contributed by atoms with Crippen LogP contribution < -0.4 is 5.32 Å². The van der Waals surface area contributed by atoms with Gasteiger partial charge in [0, 0.05) is 29.6 Å². The van der Waals surface area contributed by atoms with E-state index in [2.05, 4.69) is 15.3 Å². The van der Waals surface area contributed by atoms with E-state index in [0.717, 1.165) is 11.4 Å². The molecule has 2 rings (SSSR count). The molecular formula is C15H14N4O3. The van der Waals surface area contributed by atoms with Gasteiger partial charge < -0.3 is 0 Å². The highest BCUT2D eigenvalue weighted by Gasteiger charge is 2.04. The van der Waals surface area contributed by atoms with Crippen LogP contribution in [0.2, 0.25) is 0 Å². The Morgan fingerprint density at radius 1 is 1.18 bits per heavy atom. The summed E-state index contributed by atoms with van der Waals surface area (Å²) in [6.07, 6.45) is 2.88. The lowest BCUT2D eigenvalue weighted by atomic mass is 10.2. The number of benzene rings is 1. The summed E-state index contributed by atoms with van der Waals surface area (Å²) in [6, 6.07) is 7.70. The highest BCUT2D eigenvalue weighted by atomic mass is 16.6. The Hall–Kier alpha value is -3.09. The number of non-ortho nitro benzene ring substituents is 1. The average molecular weight is 298 g/mol. The molecule has 7 heteroatoms. The molecule has 0 aliphatic carbocycles. The van der Waals surface area contributed by atoms with Crippen LogP contribution in [0.25, 0.3) is 6.08 Å². The van der Waals surface area contributed by atoms with Crippen LogP contribution in [-0.4, -0.2) is 20.8 Å². The first-order chi connectivity index (χ1) is 10.4. The fourth-order valence-electron chi connectivity index (χ4n) is 1.81. The molecule has 22 heavy (non-hydrogen) atoms. The molecule has 1 N–H and O–H groups in total. The van der Waals surface area contributed by atoms with Crippen LogP contribution in [-0.2, 0) is 4.79 Å². The van der Waals surface area contributed by atoms with Crippen LogP contribution in [0, 0.1) is 24.0 Å². The number of amides is 1. The molecule has 0 unspecified atom stereocenters. The van der Waals surface area contributed by atoms with Crippen molar-refractivity contribution in [1.29, 1.82) is 0 Å². The van der Waals surface area contributed by atoms with Crippen molar-refractivity contribution in [3.8, 4) is 0 Å². The topological polar surface area (TPSA) is 98.0 Å². The third-order valence-corrected chi connectivity index (χ3v) is 2.75. The molecule has 0 radical (unpaired) electrons. The summed E-state index contributed by atoms with van der Waals surface area (Å²) in [6.45, 7) is 3.63. The Morgan fingerprint density at radius 3 is 2.32 bits per heavy atom. The number of nitro groups is 1. The standard InChI is InChI=1S/C15H14N4O3/c1-10-9-11(2)17-15(16-10)18-14(20)8-5-12-3-6-13(7-4-12)19(21)22/h3-9H,1-2H3,(H,16,17,18,20). The minimum absolute atomic E-state index is 0.00485. The van der Waals surface area contributed by atoms with Gasteiger partial charge in [-0.05, 0) is 43.7 Å². The van der Waals surface area contributed by atoms with Crippen molar-refractivity contribution in [2.45, 2.75) is 13.8 Å². The van der Waals surface area contributed by atoms with E-state index in [-0.39, 0.29) is 17.5 Å². The minimum Gasteiger partial charge on any atom is -0.291 e. The first kappa shape index (κ1) is 15.3. The number of hydrogen-bond donors (Lipinski definition) is 1. The summed E-state index contributed by atoms with van der Waals surface area (Å²) in [4.78, 5) is 30.1. The van der Waals surface area contributed by atoms with E-state index in [0.29, 0.717) is 5.56 Å². The summed E-state index contributed by atoms with van der Waals surface area (Å²) in [5.41, 5.74) is 2.22. The number of aryl methyl sites for hydroxylation is 2. The summed E-state index contributed by atoms with van der Waals surface area (Å²) < 4.78 is 0. The van der Waals surface area contributed by atoms with Gasteiger partial charge in [-0.3, -0.25) is 20.2 Å². The highest BCUT2D eigenvalue weighted by molar-refractivity contribution is 6.00. The number of rotatable bonds is 4. The van der Waals surface area contributed by atoms with Crippen LogP contribution in [0.15, 0.2) is 36.4 Å². The lowest BCUT2D eigenvalue weighted by Crippen LogP contribution is -2.11. The molecule has 0 atom stereocenters. The van der Waals surface area contributed by atoms with E-state index >= 15 is 0 Å². The van der Waals surface area contributed by atoms with Crippen molar-refractivity contribution in [2.24, 2.45) is 0 Å². The molecule has 0 fully saturated rings. The Balaban J connectivity index is 2.03. The second-order valence-corrected chi connectivity index (χ2v) is 4.65. The molecule has 1 aromatic carbocycles. The predicted molar refractivity (Wildman–Crippen MR) is 82.3 cm³/mol. The maximum Gasteiger partial charge on any atom is 0.269 e. The molecule has 0 aliphatic heterocycles. The lowest BCUT2D eigenvalue weighted by Gasteiger charge is -2.02. The molecule has 0 saturated heterocycles. The number of nitro benzene ring substituents is 1. The minimum atomic E-state index is -0.475. The van der Waals surface area contributed by atoms with E-state index in [4.69, 9.17) is 0 Å². The van der Waals surface area contributed by atoms with Gasteiger partial charge in [0.05, 0.1) is 4.92 Å². The smallest absolute Gasteiger partial charge is 0.269 e. The first-order valence-electron chi connectivity index (χ1n) is 6.50. The molecule has 0 aliphatic rings. The second-order valence-electron chi connectivity index (χ2n) is 4.65. The Labute approximate surface area is 126 Å². The summed E-state index contributed by atoms with van der Waals surface area (Å²) >= 11 is 0. The Morgan fingerprint density at radius 2 is 1.77 bits per heavy atom. The van der Waals surface area contributed by atoms with E-state index in [1.54, 1.807) is 18.2 Å². The van der Waals surface area contributed by atoms with E-state index < -0.39 is 4.92 Å². The largest absolute Gasteiger partial charge is 0.291 e. The molecule has 1 amide bonds. The monoisotopic (exact) mass is 298 g/mol. The van der Waals surface area contributed by atoms with Crippen molar-refractivity contribution < 1.29 is 9.72 Å². The molecule has 2 aromatic rings. The predicted octanol–water partition coefficient (Wildman–Crippen LogP) is 2.65. The normalized spacial score (nSPS) is 10.6. The molecule has 0 bridgehead atoms. The molecule has 0 saturated carbocycles. The van der Waals surface area contributed by atoms with Gasteiger partial charge in [-0.25, -0.2) is 9.97 Å². The highest BCUT2D eigenvalue weighted by Crippen LogP contribution is 2.13. The fraction of sp³-hybridized carbons (Fsp3) is 0.133. The van der Waals surface area contributed by atoms with Gasteiger partial charge in [0.25, 0.3) is 11.6 Å². The maximum atomic E-state index is 11.8. The summed E-state index contributed by atoms with van der Waals surface area (Å²) in [5.74, 6) is -0.126. The zero-order chi connectivity index (χ0) is 16.1. The summed E-state index contributed by atoms with van der Waals surface area (Å²) in [5, 5.41) is 13.1. The van der Waals surface area contributed by atoms with Crippen LogP contribution >= 0.6 is 0 Å². The van der Waals surface area contributed by atoms with Crippen LogP contribution in [0.1, 0.15) is 17.0 Å². The van der Waals surface area contributed by atoms with Crippen molar-refractivity contribution in [3.05, 3.63) is 63.5 Å². The lowest BCUT2D eigenvalue weighted by molar-refractivity contribution is -0.384. The number of anilines is 1. The van der Waals surface area contributed by atoms with Gasteiger partial charge in [0.15, 0.2) is 0 Å². The Kier molecular flexibility index (Phi) is 4.57. The third-order valence-electron chi connectivity index (χ3n) is 2.75. The number of carbonyl (C=O) groups excluding carboxylic acids is 1. The van der Waals surface area contributed by atoms with Crippen LogP contribution in [0.5, 0.6) is 0 Å². The molecule has 1 heterocycles. The van der Waals surface area contributed by atoms with E-state index in [1.165, 1.54) is 18.2 Å². The number of nitrogens with zero attached hydrogens (tertiary/aromatic N) is 3. The molecule has 1 aromatic heterocycles. The molecular weight excluding hydrogens is 284 g/mol. The molecule has 0 spiro atoms. The van der Waals surface area contributed by atoms with Crippen molar-refractivity contribution in [3.63, 3.8) is 0 Å². The van der Waals surface area contributed by atoms with Crippen LogP contribution in [0.3, 0.4) is 0 Å². The van der Waals surface area contributed by atoms with Crippen molar-refractivity contribution in [1.82, 2.24) is 9.97 Å². The van der Waals surface area contributed by atoms with Crippen molar-refractivity contribution in [2.75, 3.05) is 5.32 Å². The van der Waals surface area contributed by atoms with Gasteiger partial charge in [-0.15, -0.1) is 0 Å². The van der Waals surface area contributed by atoms with Gasteiger partial charge in [-0.1, -0.05) is 0 Å². The molecule has 112 valence electrons. The van der Waals surface area contributed by atoms with Gasteiger partial charge in [-0.2, -0.15) is 0 Å². The van der Waals surface area contributed by atoms with Gasteiger partial charge in [0.2, 0.25) is 5.95 Å². The molecule has 7 nitrogen and oxygen atoms in total. The van der Waals surface area contributed by atoms with Gasteiger partial charge in [0.1, 0.15) is 0 Å². The quantitative estimate of drug-likeness (QED) is 0.531. The zero-order valence-electron chi connectivity index (χ0n) is 12.1. The summed E-state index contributed by atoms with van der Waals surface area (Å²) in [7, 11) is 0. The van der Waals surface area contributed by atoms with Gasteiger partial charge >= 0.3 is 0 Å². The zero-order valence-corrected chi connectivity index (χ0v) is 12.1. The number of carbonyl (C=O) groups is 1. The third kappa shape index (κ3) is 4.20. The first-order valence-corrected chi connectivity index (χ1v) is 6.50. The van der Waals surface area contributed by atoms with E-state index in [1.807, 2.05) is 19.9 Å². The Bertz CT molecular complexity index is 719. The number of hydrogen-bond acceptors (Lipinski definition) is 5.